The third-order valence-electron chi connectivity index (χ3n) is 12.5. The summed E-state index contributed by atoms with van der Waals surface area (Å²) in [6.07, 6.45) is 7.51. The number of alkyl halides is 4. The van der Waals surface area contributed by atoms with E-state index in [9.17, 15) is 32.3 Å². The quantitative estimate of drug-likeness (QED) is 0.159. The smallest absolute Gasteiger partial charge is 0.545 e. The maximum Gasteiger partial charge on any atom is 1.00 e. The van der Waals surface area contributed by atoms with Crippen LogP contribution < -0.4 is 44.8 Å². The number of pyridine rings is 3. The molecule has 308 valence electrons. The number of aromatic nitrogens is 7. The number of rotatable bonds is 9. The number of nitrogen functional groups attached to an aromatic ring is 1. The van der Waals surface area contributed by atoms with Crippen molar-refractivity contribution in [3.63, 3.8) is 0 Å². The molecule has 5 aliphatic rings. The summed E-state index contributed by atoms with van der Waals surface area (Å²) in [5.74, 6) is -6.61. The van der Waals surface area contributed by atoms with Crippen molar-refractivity contribution in [3.05, 3.63) is 106 Å². The predicted molar refractivity (Wildman–Crippen MR) is 205 cm³/mol. The number of nitrogens with zero attached hydrogens (tertiary/aromatic N) is 9. The third kappa shape index (κ3) is 7.59. The molecule has 1 amide bonds. The van der Waals surface area contributed by atoms with Crippen molar-refractivity contribution in [3.8, 4) is 0 Å². The van der Waals surface area contributed by atoms with E-state index in [-0.39, 0.29) is 36.4 Å². The molecular weight excluding hydrogens is 777 g/mol. The second-order valence-electron chi connectivity index (χ2n) is 16.3. The Morgan fingerprint density at radius 2 is 1.27 bits per heavy atom. The van der Waals surface area contributed by atoms with Crippen LogP contribution in [0.5, 0.6) is 0 Å². The number of carboxylic acid groups (broad SMARTS) is 1. The van der Waals surface area contributed by atoms with Gasteiger partial charge in [0.1, 0.15) is 17.5 Å². The topological polar surface area (TPSA) is 176 Å². The van der Waals surface area contributed by atoms with Gasteiger partial charge in [-0.3, -0.25) is 14.2 Å². The van der Waals surface area contributed by atoms with Gasteiger partial charge in [0.25, 0.3) is 17.8 Å². The second-order valence-corrected chi connectivity index (χ2v) is 16.3. The third-order valence-corrected chi connectivity index (χ3v) is 12.5. The number of carbonyl (C=O) groups excluding carboxylic acids is 2. The van der Waals surface area contributed by atoms with E-state index in [1.54, 1.807) is 17.1 Å². The van der Waals surface area contributed by atoms with Gasteiger partial charge >= 0.3 is 18.9 Å². The predicted octanol–water partition coefficient (Wildman–Crippen LogP) is 0.743. The Bertz CT molecular complexity index is 2470. The number of aryl methyl sites for hydroxylation is 3. The summed E-state index contributed by atoms with van der Waals surface area (Å²) in [4.78, 5) is 41.0. The maximum absolute atomic E-state index is 13.5. The van der Waals surface area contributed by atoms with Crippen LogP contribution >= 0.6 is 0 Å². The van der Waals surface area contributed by atoms with Crippen molar-refractivity contribution in [2.45, 2.75) is 64.6 Å². The zero-order valence-electron chi connectivity index (χ0n) is 33.6. The van der Waals surface area contributed by atoms with Crippen LogP contribution in [0.2, 0.25) is 0 Å². The van der Waals surface area contributed by atoms with E-state index in [2.05, 4.69) is 30.5 Å². The van der Waals surface area contributed by atoms with Gasteiger partial charge < -0.3 is 30.8 Å². The molecule has 3 N–H and O–H groups in total. The van der Waals surface area contributed by atoms with E-state index in [0.717, 1.165) is 58.0 Å². The van der Waals surface area contributed by atoms with E-state index in [4.69, 9.17) is 5.73 Å². The van der Waals surface area contributed by atoms with Gasteiger partial charge in [-0.15, -0.1) is 0 Å². The first-order valence-electron chi connectivity index (χ1n) is 19.6. The molecular formula is C41H42F4LiN11O3. The Balaban J connectivity index is 0.000000175. The molecule has 0 aromatic carbocycles. The van der Waals surface area contributed by atoms with Crippen LogP contribution in [0, 0.1) is 44.4 Å². The van der Waals surface area contributed by atoms with Gasteiger partial charge in [0, 0.05) is 61.2 Å². The molecule has 4 fully saturated rings. The minimum atomic E-state index is -2.50. The van der Waals surface area contributed by atoms with E-state index < -0.39 is 41.5 Å². The van der Waals surface area contributed by atoms with Crippen LogP contribution in [0.1, 0.15) is 72.5 Å². The number of carbonyl (C=O) groups is 2. The first kappa shape index (κ1) is 41.3. The average molecular weight is 820 g/mol. The minimum absolute atomic E-state index is 0. The van der Waals surface area contributed by atoms with E-state index in [1.807, 2.05) is 60.9 Å². The van der Waals surface area contributed by atoms with Crippen LogP contribution in [0.3, 0.4) is 0 Å². The maximum atomic E-state index is 13.5. The number of hydrogen-bond acceptors (Lipinski definition) is 11. The molecule has 60 heavy (non-hydrogen) atoms. The van der Waals surface area contributed by atoms with Gasteiger partial charge in [-0.05, 0) is 74.1 Å². The number of nitrogens with two attached hydrogens (primary N) is 1. The fourth-order valence-electron chi connectivity index (χ4n) is 8.87. The number of carboxylic acids is 1. The molecule has 0 spiro atoms. The Labute approximate surface area is 354 Å². The van der Waals surface area contributed by atoms with Crippen LogP contribution in [-0.2, 0) is 19.5 Å². The van der Waals surface area contributed by atoms with Crippen molar-refractivity contribution >= 4 is 29.3 Å². The molecule has 0 radical (unpaired) electrons. The summed E-state index contributed by atoms with van der Waals surface area (Å²) in [5, 5.41) is 22.2. The summed E-state index contributed by atoms with van der Waals surface area (Å²) >= 11 is 0. The molecule has 10 rings (SSSR count). The summed E-state index contributed by atoms with van der Waals surface area (Å²) in [5.41, 5.74) is 12.9. The van der Waals surface area contributed by atoms with Crippen molar-refractivity contribution in [2.24, 2.45) is 23.7 Å². The summed E-state index contributed by atoms with van der Waals surface area (Å²) in [6, 6.07) is 9.41. The largest absolute Gasteiger partial charge is 1.00 e. The first-order chi connectivity index (χ1) is 28.1. The second kappa shape index (κ2) is 15.2. The number of nitrogens with one attached hydrogen (secondary N) is 1. The molecule has 0 bridgehead atoms. The van der Waals surface area contributed by atoms with Crippen molar-refractivity contribution in [1.29, 1.82) is 0 Å². The molecule has 2 saturated carbocycles. The van der Waals surface area contributed by atoms with Crippen LogP contribution in [0.4, 0.5) is 35.0 Å². The molecule has 7 heterocycles. The van der Waals surface area contributed by atoms with Gasteiger partial charge in [0.05, 0.1) is 66.7 Å². The molecule has 4 unspecified atom stereocenters. The monoisotopic (exact) mass is 819 g/mol. The van der Waals surface area contributed by atoms with Gasteiger partial charge in [-0.2, -0.15) is 10.2 Å². The minimum Gasteiger partial charge on any atom is -0.545 e. The molecule has 5 atom stereocenters. The van der Waals surface area contributed by atoms with Gasteiger partial charge in [-0.25, -0.2) is 32.5 Å². The van der Waals surface area contributed by atoms with E-state index >= 15 is 0 Å². The van der Waals surface area contributed by atoms with Gasteiger partial charge in [-0.1, -0.05) is 12.1 Å². The average Bonchev–Trinajstić information content (AvgIpc) is 3.84. The van der Waals surface area contributed by atoms with Crippen LogP contribution in [0.15, 0.2) is 55.1 Å². The molecule has 5 aromatic rings. The summed E-state index contributed by atoms with van der Waals surface area (Å²) in [7, 11) is 0. The van der Waals surface area contributed by atoms with E-state index in [0.29, 0.717) is 56.5 Å². The normalized spacial score (nSPS) is 23.5. The SMILES string of the molecule is Cc1cc2c(c(N)n1)CC[C@H]2NC(=O)c1cnn(Cc2ccc(N3CC4C(C3)C4(F)F)nc2C)c1.Cc1nc(N2CC3C(C2)C3(F)F)ccc1Cn1cc(C(=O)[O-])cn1.[Li+]. The number of amides is 1. The number of piperidine rings is 2. The molecule has 14 nitrogen and oxygen atoms in total. The fourth-order valence-corrected chi connectivity index (χ4v) is 8.87. The standard InChI is InChI=1S/C25H27F2N7O.C16H16F2N4O2.Li/c1-13-7-18-17(23(28)30-13)4-5-21(18)32-24(35)16-8-29-34(10-16)9-15-3-6-22(31-14(15)2)33-11-19-20(12-33)25(19,26)27;1-9-10(5-22-6-11(4-19-22)15(23)24)2-3-14(20-9)21-7-12-13(8-21)16(12,17)18;/h3,6-8,10,19-21H,4-5,9,11-12H2,1-2H3,(H2,28,30)(H,32,35);2-4,6,12-13H,5,7-8H2,1H3,(H,23,24);/q;;+1/p-1/t19?,20?,21-;;/m1../s1. The van der Waals surface area contributed by atoms with Crippen molar-refractivity contribution in [2.75, 3.05) is 41.7 Å². The number of aromatic carboxylic acids is 1. The Morgan fingerprint density at radius 1 is 0.783 bits per heavy atom. The Hall–Kier alpha value is -5.47. The number of anilines is 3. The Kier molecular flexibility index (Phi) is 10.5. The van der Waals surface area contributed by atoms with Gasteiger partial charge in [0.2, 0.25) is 0 Å². The fraction of sp³-hybridized carbons (Fsp3) is 0.439. The molecule has 3 aliphatic carbocycles. The summed E-state index contributed by atoms with van der Waals surface area (Å²) in [6.45, 7) is 7.89. The summed E-state index contributed by atoms with van der Waals surface area (Å²) < 4.78 is 56.7. The zero-order chi connectivity index (χ0) is 41.5. The van der Waals surface area contributed by atoms with Crippen molar-refractivity contribution < 1.29 is 51.1 Å². The zero-order valence-corrected chi connectivity index (χ0v) is 33.6. The molecule has 2 saturated heterocycles. The number of hydrogen-bond donors (Lipinski definition) is 2. The number of halogens is 4. The van der Waals surface area contributed by atoms with Crippen molar-refractivity contribution in [1.82, 2.24) is 39.8 Å². The van der Waals surface area contributed by atoms with Gasteiger partial charge in [0.15, 0.2) is 0 Å². The molecule has 2 aliphatic heterocycles. The van der Waals surface area contributed by atoms with E-state index in [1.165, 1.54) is 17.1 Å². The Morgan fingerprint density at radius 3 is 1.73 bits per heavy atom. The number of fused-ring (bicyclic) bond motifs is 3. The van der Waals surface area contributed by atoms with Crippen LogP contribution in [0.25, 0.3) is 0 Å². The molecule has 5 aromatic heterocycles. The molecule has 19 heteroatoms. The van der Waals surface area contributed by atoms with Crippen LogP contribution in [-0.4, -0.2) is 84.4 Å². The first-order valence-corrected chi connectivity index (χ1v) is 19.6.